The van der Waals surface area contributed by atoms with Crippen molar-refractivity contribution in [2.45, 2.75) is 39.7 Å². The lowest BCUT2D eigenvalue weighted by Crippen LogP contribution is -2.58. The zero-order chi connectivity index (χ0) is 8.22. The Balaban J connectivity index is 2.17. The molecule has 3 aliphatic carbocycles. The number of hydrogen-bond donors (Lipinski definition) is 1. The van der Waals surface area contributed by atoms with Gasteiger partial charge in [0.25, 0.3) is 0 Å². The summed E-state index contributed by atoms with van der Waals surface area (Å²) in [4.78, 5) is 0. The van der Waals surface area contributed by atoms with Gasteiger partial charge in [0.15, 0.2) is 0 Å². The second-order valence-electron chi connectivity index (χ2n) is 5.12. The molecule has 0 heterocycles. The summed E-state index contributed by atoms with van der Waals surface area (Å²) in [5.74, 6) is 2.60. The quantitative estimate of drug-likeness (QED) is 0.566. The summed E-state index contributed by atoms with van der Waals surface area (Å²) in [5.41, 5.74) is 6.63. The van der Waals surface area contributed by atoms with E-state index in [4.69, 9.17) is 5.73 Å². The van der Waals surface area contributed by atoms with Gasteiger partial charge in [-0.1, -0.05) is 20.8 Å². The molecule has 2 N–H and O–H groups in total. The molecule has 3 aliphatic rings. The van der Waals surface area contributed by atoms with Gasteiger partial charge >= 0.3 is 0 Å². The van der Waals surface area contributed by atoms with E-state index >= 15 is 0 Å². The first-order valence-electron chi connectivity index (χ1n) is 4.79. The highest BCUT2D eigenvalue weighted by atomic mass is 14.7. The van der Waals surface area contributed by atoms with Crippen molar-refractivity contribution >= 4 is 0 Å². The van der Waals surface area contributed by atoms with Crippen molar-refractivity contribution in [2.75, 3.05) is 0 Å². The van der Waals surface area contributed by atoms with Crippen molar-refractivity contribution in [1.29, 1.82) is 0 Å². The van der Waals surface area contributed by atoms with Gasteiger partial charge in [-0.05, 0) is 36.0 Å². The number of hydrogen-bond acceptors (Lipinski definition) is 1. The third kappa shape index (κ3) is 0.807. The molecule has 0 aliphatic heterocycles. The van der Waals surface area contributed by atoms with Crippen molar-refractivity contribution < 1.29 is 0 Å². The summed E-state index contributed by atoms with van der Waals surface area (Å²) < 4.78 is 0. The molecule has 0 spiro atoms. The van der Waals surface area contributed by atoms with Crippen molar-refractivity contribution in [3.05, 3.63) is 0 Å². The minimum atomic E-state index is 0.492. The minimum Gasteiger partial charge on any atom is -0.327 e. The maximum Gasteiger partial charge on any atom is 0.00702 e. The first kappa shape index (κ1) is 7.60. The Morgan fingerprint density at radius 3 is 2.27 bits per heavy atom. The van der Waals surface area contributed by atoms with Crippen LogP contribution in [-0.2, 0) is 0 Å². The zero-order valence-electron chi connectivity index (χ0n) is 7.80. The molecule has 1 heteroatoms. The Morgan fingerprint density at radius 1 is 1.27 bits per heavy atom. The predicted molar refractivity (Wildman–Crippen MR) is 47.1 cm³/mol. The lowest BCUT2D eigenvalue weighted by atomic mass is 9.45. The Kier molecular flexibility index (Phi) is 1.39. The molecule has 3 saturated carbocycles. The highest BCUT2D eigenvalue weighted by Crippen LogP contribution is 2.60. The summed E-state index contributed by atoms with van der Waals surface area (Å²) >= 11 is 0. The molecule has 0 aromatic rings. The molecule has 0 aromatic heterocycles. The lowest BCUT2D eigenvalue weighted by molar-refractivity contribution is -0.108. The molecular weight excluding hydrogens is 134 g/mol. The minimum absolute atomic E-state index is 0.492. The van der Waals surface area contributed by atoms with Gasteiger partial charge < -0.3 is 5.73 Å². The molecule has 1 nitrogen and oxygen atoms in total. The molecule has 64 valence electrons. The van der Waals surface area contributed by atoms with Crippen LogP contribution in [0.5, 0.6) is 0 Å². The fraction of sp³-hybridized carbons (Fsp3) is 1.00. The van der Waals surface area contributed by atoms with E-state index in [1.165, 1.54) is 12.8 Å². The van der Waals surface area contributed by atoms with Crippen LogP contribution in [-0.4, -0.2) is 6.04 Å². The van der Waals surface area contributed by atoms with Gasteiger partial charge in [0, 0.05) is 6.04 Å². The first-order chi connectivity index (χ1) is 5.03. The van der Waals surface area contributed by atoms with Gasteiger partial charge in [-0.25, -0.2) is 0 Å². The molecule has 0 radical (unpaired) electrons. The van der Waals surface area contributed by atoms with Crippen molar-refractivity contribution in [1.82, 2.24) is 0 Å². The standard InChI is InChI=1S/C10H19N/c1-6-8-4-7(5-9(6)11)10(8,2)3/h6-9H,4-5,11H2,1-3H3/t6-,7-,8-,9-/m0/s1. The van der Waals surface area contributed by atoms with E-state index in [0.29, 0.717) is 11.5 Å². The normalized spacial score (nSPS) is 53.5. The van der Waals surface area contributed by atoms with E-state index < -0.39 is 0 Å². The fourth-order valence-electron chi connectivity index (χ4n) is 3.19. The summed E-state index contributed by atoms with van der Waals surface area (Å²) in [7, 11) is 0. The Morgan fingerprint density at radius 2 is 1.91 bits per heavy atom. The monoisotopic (exact) mass is 153 g/mol. The van der Waals surface area contributed by atoms with Gasteiger partial charge in [0.05, 0.1) is 0 Å². The average molecular weight is 153 g/mol. The summed E-state index contributed by atoms with van der Waals surface area (Å²) in [6.45, 7) is 7.15. The molecule has 0 unspecified atom stereocenters. The Labute approximate surface area is 69.4 Å². The summed E-state index contributed by atoms with van der Waals surface area (Å²) in [6.07, 6.45) is 2.71. The van der Waals surface area contributed by atoms with Crippen LogP contribution >= 0.6 is 0 Å². The van der Waals surface area contributed by atoms with E-state index in [-0.39, 0.29) is 0 Å². The summed E-state index contributed by atoms with van der Waals surface area (Å²) in [5, 5.41) is 0. The average Bonchev–Trinajstić information content (AvgIpc) is 1.93. The number of fused-ring (bicyclic) bond motifs is 2. The van der Waals surface area contributed by atoms with Crippen molar-refractivity contribution in [2.24, 2.45) is 28.9 Å². The van der Waals surface area contributed by atoms with E-state index in [2.05, 4.69) is 20.8 Å². The van der Waals surface area contributed by atoms with E-state index in [1.54, 1.807) is 0 Å². The highest BCUT2D eigenvalue weighted by Gasteiger charge is 2.55. The first-order valence-corrected chi connectivity index (χ1v) is 4.79. The van der Waals surface area contributed by atoms with Gasteiger partial charge in [-0.15, -0.1) is 0 Å². The largest absolute Gasteiger partial charge is 0.327 e. The third-order valence-electron chi connectivity index (χ3n) is 4.41. The van der Waals surface area contributed by atoms with Gasteiger partial charge in [0.2, 0.25) is 0 Å². The van der Waals surface area contributed by atoms with Crippen LogP contribution in [0.15, 0.2) is 0 Å². The summed E-state index contributed by atoms with van der Waals surface area (Å²) in [6, 6.07) is 0.492. The molecule has 11 heavy (non-hydrogen) atoms. The van der Waals surface area contributed by atoms with Crippen molar-refractivity contribution in [3.63, 3.8) is 0 Å². The van der Waals surface area contributed by atoms with Crippen LogP contribution in [0.4, 0.5) is 0 Å². The molecule has 0 amide bonds. The topological polar surface area (TPSA) is 26.0 Å². The Hall–Kier alpha value is -0.0400. The molecule has 2 bridgehead atoms. The van der Waals surface area contributed by atoms with Crippen LogP contribution in [0, 0.1) is 23.2 Å². The van der Waals surface area contributed by atoms with Crippen LogP contribution < -0.4 is 5.73 Å². The van der Waals surface area contributed by atoms with Crippen LogP contribution in [0.3, 0.4) is 0 Å². The molecular formula is C10H19N. The molecule has 3 fully saturated rings. The molecule has 0 saturated heterocycles. The van der Waals surface area contributed by atoms with Crippen LogP contribution in [0.25, 0.3) is 0 Å². The maximum atomic E-state index is 6.02. The second kappa shape index (κ2) is 2.01. The lowest BCUT2D eigenvalue weighted by Gasteiger charge is -2.61. The van der Waals surface area contributed by atoms with Crippen LogP contribution in [0.1, 0.15) is 33.6 Å². The predicted octanol–water partition coefficient (Wildman–Crippen LogP) is 2.02. The van der Waals surface area contributed by atoms with Gasteiger partial charge in [-0.3, -0.25) is 0 Å². The molecule has 0 aromatic carbocycles. The molecule has 3 rings (SSSR count). The van der Waals surface area contributed by atoms with Crippen LogP contribution in [0.2, 0.25) is 0 Å². The SMILES string of the molecule is C[C@@H]1[C@@H](N)C[C@@H]2C[C@@H]1C2(C)C. The van der Waals surface area contributed by atoms with Crippen molar-refractivity contribution in [3.8, 4) is 0 Å². The second-order valence-corrected chi connectivity index (χ2v) is 5.12. The Bertz CT molecular complexity index is 174. The fourth-order valence-corrected chi connectivity index (χ4v) is 3.19. The number of rotatable bonds is 0. The van der Waals surface area contributed by atoms with E-state index in [1.807, 2.05) is 0 Å². The smallest absolute Gasteiger partial charge is 0.00702 e. The molecule has 4 atom stereocenters. The van der Waals surface area contributed by atoms with Gasteiger partial charge in [0.1, 0.15) is 0 Å². The maximum absolute atomic E-state index is 6.02. The van der Waals surface area contributed by atoms with E-state index in [9.17, 15) is 0 Å². The van der Waals surface area contributed by atoms with E-state index in [0.717, 1.165) is 17.8 Å². The number of nitrogens with two attached hydrogens (primary N) is 1. The zero-order valence-corrected chi connectivity index (χ0v) is 7.80. The van der Waals surface area contributed by atoms with Gasteiger partial charge in [-0.2, -0.15) is 0 Å². The highest BCUT2D eigenvalue weighted by molar-refractivity contribution is 5.06. The third-order valence-corrected chi connectivity index (χ3v) is 4.41.